The van der Waals surface area contributed by atoms with Gasteiger partial charge in [0.05, 0.1) is 23.1 Å². The zero-order chi connectivity index (χ0) is 21.7. The molecule has 2 aromatic carbocycles. The highest BCUT2D eigenvalue weighted by Gasteiger charge is 2.44. The summed E-state index contributed by atoms with van der Waals surface area (Å²) in [5.74, 6) is -0.457. The van der Waals surface area contributed by atoms with E-state index in [-0.39, 0.29) is 28.4 Å². The number of thiazole rings is 1. The second kappa shape index (κ2) is 7.31. The average molecular weight is 436 g/mol. The Kier molecular flexibility index (Phi) is 4.59. The van der Waals surface area contributed by atoms with Gasteiger partial charge in [-0.2, -0.15) is 0 Å². The van der Waals surface area contributed by atoms with E-state index in [0.29, 0.717) is 16.4 Å². The standard InChI is InChI=1S/C23H17FN2O4S/c1-12(2)29-15-5-3-4-13(10-15)19-18-20(27)16-11-14(24)6-7-17(16)30-21(18)22(28)26(19)23-25-8-9-31-23/h3-12,19H,1-2H3. The Morgan fingerprint density at radius 1 is 1.19 bits per heavy atom. The van der Waals surface area contributed by atoms with Crippen LogP contribution in [0.1, 0.15) is 41.6 Å². The number of ether oxygens (including phenoxy) is 1. The molecule has 1 aliphatic heterocycles. The van der Waals surface area contributed by atoms with Crippen LogP contribution >= 0.6 is 11.3 Å². The van der Waals surface area contributed by atoms with Gasteiger partial charge in [0, 0.05) is 11.6 Å². The number of nitrogens with zero attached hydrogens (tertiary/aromatic N) is 2. The van der Waals surface area contributed by atoms with Crippen LogP contribution in [0.5, 0.6) is 5.75 Å². The molecule has 8 heteroatoms. The molecule has 0 aliphatic carbocycles. The molecule has 6 nitrogen and oxygen atoms in total. The topological polar surface area (TPSA) is 72.6 Å². The molecule has 1 atom stereocenters. The number of amides is 1. The molecule has 2 aromatic heterocycles. The minimum atomic E-state index is -0.770. The summed E-state index contributed by atoms with van der Waals surface area (Å²) in [5, 5.41) is 2.28. The molecule has 31 heavy (non-hydrogen) atoms. The van der Waals surface area contributed by atoms with E-state index in [1.807, 2.05) is 26.0 Å². The van der Waals surface area contributed by atoms with Gasteiger partial charge in [-0.05, 0) is 49.7 Å². The van der Waals surface area contributed by atoms with Gasteiger partial charge in [0.25, 0.3) is 5.91 Å². The zero-order valence-electron chi connectivity index (χ0n) is 16.7. The van der Waals surface area contributed by atoms with E-state index in [0.717, 1.165) is 6.07 Å². The van der Waals surface area contributed by atoms with Gasteiger partial charge in [0.1, 0.15) is 17.1 Å². The molecule has 0 saturated heterocycles. The summed E-state index contributed by atoms with van der Waals surface area (Å²) < 4.78 is 25.5. The predicted octanol–water partition coefficient (Wildman–Crippen LogP) is 4.93. The first-order valence-corrected chi connectivity index (χ1v) is 10.6. The Balaban J connectivity index is 1.77. The zero-order valence-corrected chi connectivity index (χ0v) is 17.5. The number of rotatable bonds is 4. The normalized spacial score (nSPS) is 15.7. The van der Waals surface area contributed by atoms with Crippen LogP contribution in [0.3, 0.4) is 0 Å². The van der Waals surface area contributed by atoms with Gasteiger partial charge in [0.2, 0.25) is 5.76 Å². The summed E-state index contributed by atoms with van der Waals surface area (Å²) in [6, 6.07) is 10.1. The summed E-state index contributed by atoms with van der Waals surface area (Å²) in [5.41, 5.74) is 0.557. The highest BCUT2D eigenvalue weighted by molar-refractivity contribution is 7.13. The van der Waals surface area contributed by atoms with Gasteiger partial charge >= 0.3 is 0 Å². The molecule has 0 N–H and O–H groups in total. The summed E-state index contributed by atoms with van der Waals surface area (Å²) >= 11 is 1.28. The van der Waals surface area contributed by atoms with Gasteiger partial charge in [-0.15, -0.1) is 11.3 Å². The summed E-state index contributed by atoms with van der Waals surface area (Å²) in [6.45, 7) is 3.83. The molecule has 0 radical (unpaired) electrons. The smallest absolute Gasteiger partial charge is 0.297 e. The fraction of sp³-hybridized carbons (Fsp3) is 0.174. The molecule has 1 amide bonds. The molecule has 1 unspecified atom stereocenters. The lowest BCUT2D eigenvalue weighted by atomic mass is 9.98. The lowest BCUT2D eigenvalue weighted by Gasteiger charge is -2.23. The van der Waals surface area contributed by atoms with E-state index >= 15 is 0 Å². The molecular formula is C23H17FN2O4S. The van der Waals surface area contributed by atoms with Gasteiger partial charge in [-0.3, -0.25) is 14.5 Å². The number of halogens is 1. The van der Waals surface area contributed by atoms with Crippen molar-refractivity contribution >= 4 is 33.3 Å². The van der Waals surface area contributed by atoms with E-state index in [1.54, 1.807) is 23.7 Å². The van der Waals surface area contributed by atoms with Crippen molar-refractivity contribution < 1.29 is 18.3 Å². The predicted molar refractivity (Wildman–Crippen MR) is 115 cm³/mol. The molecule has 5 rings (SSSR count). The monoisotopic (exact) mass is 436 g/mol. The van der Waals surface area contributed by atoms with E-state index in [1.165, 1.54) is 28.4 Å². The SMILES string of the molecule is CC(C)Oc1cccc(C2c3c(oc4ccc(F)cc4c3=O)C(=O)N2c2nccs2)c1. The first-order chi connectivity index (χ1) is 14.9. The van der Waals surface area contributed by atoms with Gasteiger partial charge in [-0.1, -0.05) is 12.1 Å². The Morgan fingerprint density at radius 2 is 2.03 bits per heavy atom. The number of aromatic nitrogens is 1. The number of hydrogen-bond acceptors (Lipinski definition) is 6. The number of carbonyl (C=O) groups is 1. The van der Waals surface area contributed by atoms with Crippen LogP contribution in [-0.2, 0) is 0 Å². The van der Waals surface area contributed by atoms with Gasteiger partial charge < -0.3 is 9.15 Å². The summed E-state index contributed by atoms with van der Waals surface area (Å²) in [6.07, 6.45) is 1.55. The third-order valence-corrected chi connectivity index (χ3v) is 5.77. The Bertz CT molecular complexity index is 1360. The van der Waals surface area contributed by atoms with Crippen molar-refractivity contribution in [3.63, 3.8) is 0 Å². The third-order valence-electron chi connectivity index (χ3n) is 5.00. The number of carbonyl (C=O) groups excluding carboxylic acids is 1. The first-order valence-electron chi connectivity index (χ1n) is 9.70. The van der Waals surface area contributed by atoms with Crippen molar-refractivity contribution in [2.24, 2.45) is 0 Å². The second-order valence-electron chi connectivity index (χ2n) is 7.45. The van der Waals surface area contributed by atoms with Crippen molar-refractivity contribution in [2.45, 2.75) is 26.0 Å². The van der Waals surface area contributed by atoms with Crippen molar-refractivity contribution in [2.75, 3.05) is 4.90 Å². The molecule has 3 heterocycles. The fourth-order valence-electron chi connectivity index (χ4n) is 3.82. The van der Waals surface area contributed by atoms with Crippen LogP contribution in [-0.4, -0.2) is 17.0 Å². The minimum Gasteiger partial charge on any atom is -0.491 e. The van der Waals surface area contributed by atoms with Crippen LogP contribution in [0.4, 0.5) is 9.52 Å². The largest absolute Gasteiger partial charge is 0.491 e. The number of hydrogen-bond donors (Lipinski definition) is 0. The molecule has 0 bridgehead atoms. The highest BCUT2D eigenvalue weighted by Crippen LogP contribution is 2.42. The van der Waals surface area contributed by atoms with Crippen molar-refractivity contribution in [1.82, 2.24) is 4.98 Å². The summed E-state index contributed by atoms with van der Waals surface area (Å²) in [4.78, 5) is 32.5. The van der Waals surface area contributed by atoms with Crippen molar-refractivity contribution in [3.05, 3.63) is 87.0 Å². The molecule has 1 aliphatic rings. The van der Waals surface area contributed by atoms with E-state index < -0.39 is 23.2 Å². The molecule has 4 aromatic rings. The van der Waals surface area contributed by atoms with Crippen molar-refractivity contribution in [3.8, 4) is 5.75 Å². The molecule has 0 saturated carbocycles. The van der Waals surface area contributed by atoms with E-state index in [9.17, 15) is 14.0 Å². The minimum absolute atomic E-state index is 0.0419. The molecular weight excluding hydrogens is 419 g/mol. The maximum Gasteiger partial charge on any atom is 0.297 e. The van der Waals surface area contributed by atoms with E-state index in [2.05, 4.69) is 4.98 Å². The molecule has 0 spiro atoms. The number of anilines is 1. The Morgan fingerprint density at radius 3 is 2.77 bits per heavy atom. The lowest BCUT2D eigenvalue weighted by Crippen LogP contribution is -2.29. The first kappa shape index (κ1) is 19.4. The highest BCUT2D eigenvalue weighted by atomic mass is 32.1. The molecule has 156 valence electrons. The van der Waals surface area contributed by atoms with Gasteiger partial charge in [-0.25, -0.2) is 9.37 Å². The van der Waals surface area contributed by atoms with Crippen molar-refractivity contribution in [1.29, 1.82) is 0 Å². The lowest BCUT2D eigenvalue weighted by molar-refractivity contribution is 0.0971. The van der Waals surface area contributed by atoms with Crippen LogP contribution in [0.2, 0.25) is 0 Å². The quantitative estimate of drug-likeness (QED) is 0.454. The van der Waals surface area contributed by atoms with Crippen LogP contribution in [0.25, 0.3) is 11.0 Å². The third kappa shape index (κ3) is 3.19. The Hall–Kier alpha value is -3.52. The summed E-state index contributed by atoms with van der Waals surface area (Å²) in [7, 11) is 0. The van der Waals surface area contributed by atoms with E-state index in [4.69, 9.17) is 9.15 Å². The van der Waals surface area contributed by atoms with Gasteiger partial charge in [0.15, 0.2) is 10.6 Å². The number of benzene rings is 2. The fourth-order valence-corrected chi connectivity index (χ4v) is 4.49. The maximum absolute atomic E-state index is 13.9. The Labute approximate surface area is 180 Å². The molecule has 0 fully saturated rings. The van der Waals surface area contributed by atoms with Crippen LogP contribution in [0, 0.1) is 5.82 Å². The maximum atomic E-state index is 13.9. The van der Waals surface area contributed by atoms with Crippen LogP contribution in [0.15, 0.2) is 63.3 Å². The number of fused-ring (bicyclic) bond motifs is 2. The average Bonchev–Trinajstić information content (AvgIpc) is 3.35. The van der Waals surface area contributed by atoms with Crippen LogP contribution < -0.4 is 15.1 Å². The second-order valence-corrected chi connectivity index (χ2v) is 8.32.